The molecule has 2 amide bonds. The van der Waals surface area contributed by atoms with E-state index in [9.17, 15) is 9.59 Å². The van der Waals surface area contributed by atoms with E-state index in [0.29, 0.717) is 41.7 Å². The minimum atomic E-state index is -0.260. The number of hydrogen-bond donors (Lipinski definition) is 2. The van der Waals surface area contributed by atoms with Crippen molar-refractivity contribution in [2.45, 2.75) is 27.7 Å². The smallest absolute Gasteiger partial charge is 0.255 e. The van der Waals surface area contributed by atoms with E-state index >= 15 is 0 Å². The van der Waals surface area contributed by atoms with Gasteiger partial charge in [-0.3, -0.25) is 9.59 Å². The molecular weight excluding hydrogens is 356 g/mol. The van der Waals surface area contributed by atoms with Gasteiger partial charge in [0.15, 0.2) is 0 Å². The molecule has 0 aliphatic carbocycles. The monoisotopic (exact) mass is 382 g/mol. The number of benzene rings is 2. The van der Waals surface area contributed by atoms with Crippen molar-refractivity contribution in [3.05, 3.63) is 59.7 Å². The maximum absolute atomic E-state index is 12.5. The van der Waals surface area contributed by atoms with E-state index in [1.165, 1.54) is 6.08 Å². The normalized spacial score (nSPS) is 10.0. The van der Waals surface area contributed by atoms with Crippen LogP contribution in [0.15, 0.2) is 54.1 Å². The lowest BCUT2D eigenvalue weighted by molar-refractivity contribution is -0.112. The van der Waals surface area contributed by atoms with Gasteiger partial charge in [0.05, 0.1) is 24.6 Å². The minimum absolute atomic E-state index is 0.259. The molecular formula is C22H26N2O4. The van der Waals surface area contributed by atoms with Crippen LogP contribution in [0.5, 0.6) is 11.5 Å². The topological polar surface area (TPSA) is 76.7 Å². The van der Waals surface area contributed by atoms with Crippen LogP contribution in [0.4, 0.5) is 11.4 Å². The molecule has 2 aromatic rings. The largest absolute Gasteiger partial charge is 0.492 e. The van der Waals surface area contributed by atoms with E-state index in [2.05, 4.69) is 10.6 Å². The number of ether oxygens (including phenoxy) is 2. The Balaban J connectivity index is 2.38. The first-order valence-electron chi connectivity index (χ1n) is 9.20. The van der Waals surface area contributed by atoms with Gasteiger partial charge in [-0.2, -0.15) is 0 Å². The minimum Gasteiger partial charge on any atom is -0.492 e. The summed E-state index contributed by atoms with van der Waals surface area (Å²) in [5, 5.41) is 5.66. The number of allylic oxidation sites excluding steroid dienone is 1. The van der Waals surface area contributed by atoms with Crippen molar-refractivity contribution in [2.75, 3.05) is 23.8 Å². The number of hydrogen-bond acceptors (Lipinski definition) is 4. The average Bonchev–Trinajstić information content (AvgIpc) is 2.65. The second-order valence-corrected chi connectivity index (χ2v) is 6.24. The molecule has 0 saturated heterocycles. The predicted molar refractivity (Wildman–Crippen MR) is 111 cm³/mol. The lowest BCUT2D eigenvalue weighted by Gasteiger charge is -2.17. The molecule has 0 aliphatic heterocycles. The van der Waals surface area contributed by atoms with Crippen molar-refractivity contribution in [1.82, 2.24) is 0 Å². The van der Waals surface area contributed by atoms with Crippen LogP contribution in [0.2, 0.25) is 0 Å². The Morgan fingerprint density at radius 3 is 1.93 bits per heavy atom. The van der Waals surface area contributed by atoms with Gasteiger partial charge in [-0.25, -0.2) is 0 Å². The Morgan fingerprint density at radius 2 is 1.43 bits per heavy atom. The molecule has 2 N–H and O–H groups in total. The lowest BCUT2D eigenvalue weighted by Crippen LogP contribution is -2.14. The molecule has 0 unspecified atom stereocenters. The molecule has 2 rings (SSSR count). The van der Waals surface area contributed by atoms with Crippen LogP contribution < -0.4 is 20.1 Å². The molecule has 0 heterocycles. The summed E-state index contributed by atoms with van der Waals surface area (Å²) in [6.45, 7) is 8.20. The predicted octanol–water partition coefficient (Wildman–Crippen LogP) is 4.64. The first kappa shape index (κ1) is 21.0. The van der Waals surface area contributed by atoms with E-state index in [-0.39, 0.29) is 11.8 Å². The molecule has 0 spiro atoms. The summed E-state index contributed by atoms with van der Waals surface area (Å²) in [7, 11) is 0. The second kappa shape index (κ2) is 10.2. The SMILES string of the molecule is CCOc1cc(NC(=O)c2ccccc2)c(OCC)cc1NC(=O)C=C(C)C. The van der Waals surface area contributed by atoms with Crippen molar-refractivity contribution in [1.29, 1.82) is 0 Å². The third-order valence-corrected chi connectivity index (χ3v) is 3.64. The van der Waals surface area contributed by atoms with Crippen LogP contribution in [-0.4, -0.2) is 25.0 Å². The zero-order valence-electron chi connectivity index (χ0n) is 16.7. The van der Waals surface area contributed by atoms with Crippen LogP contribution >= 0.6 is 0 Å². The lowest BCUT2D eigenvalue weighted by atomic mass is 10.2. The Kier molecular flexibility index (Phi) is 7.63. The number of nitrogens with one attached hydrogen (secondary N) is 2. The number of carbonyl (C=O) groups excluding carboxylic acids is 2. The van der Waals surface area contributed by atoms with Gasteiger partial charge in [0.2, 0.25) is 5.91 Å². The molecule has 2 aromatic carbocycles. The number of amides is 2. The molecule has 0 bridgehead atoms. The van der Waals surface area contributed by atoms with Gasteiger partial charge in [0.1, 0.15) is 11.5 Å². The van der Waals surface area contributed by atoms with Crippen molar-refractivity contribution < 1.29 is 19.1 Å². The highest BCUT2D eigenvalue weighted by Crippen LogP contribution is 2.37. The summed E-state index contributed by atoms with van der Waals surface area (Å²) in [5.74, 6) is 0.377. The third-order valence-electron chi connectivity index (χ3n) is 3.64. The Bertz CT molecular complexity index is 856. The summed E-state index contributed by atoms with van der Waals surface area (Å²) < 4.78 is 11.3. The Labute approximate surface area is 165 Å². The van der Waals surface area contributed by atoms with Gasteiger partial charge >= 0.3 is 0 Å². The number of rotatable bonds is 8. The standard InChI is InChI=1S/C22H26N2O4/c1-5-27-19-14-18(24-22(26)16-10-8-7-9-11-16)20(28-6-2)13-17(19)23-21(25)12-15(3)4/h7-14H,5-6H2,1-4H3,(H,23,25)(H,24,26). The zero-order valence-corrected chi connectivity index (χ0v) is 16.7. The van der Waals surface area contributed by atoms with Crippen molar-refractivity contribution in [3.8, 4) is 11.5 Å². The van der Waals surface area contributed by atoms with Gasteiger partial charge in [0, 0.05) is 23.8 Å². The number of anilines is 2. The van der Waals surface area contributed by atoms with Crippen molar-refractivity contribution >= 4 is 23.2 Å². The molecule has 0 radical (unpaired) electrons. The van der Waals surface area contributed by atoms with Crippen LogP contribution in [0.1, 0.15) is 38.1 Å². The maximum Gasteiger partial charge on any atom is 0.255 e. The molecule has 6 heteroatoms. The summed E-state index contributed by atoms with van der Waals surface area (Å²) in [6.07, 6.45) is 1.50. The quantitative estimate of drug-likeness (QED) is 0.652. The zero-order chi connectivity index (χ0) is 20.5. The molecule has 0 aromatic heterocycles. The maximum atomic E-state index is 12.5. The van der Waals surface area contributed by atoms with Crippen LogP contribution in [0.3, 0.4) is 0 Å². The fourth-order valence-electron chi connectivity index (χ4n) is 2.52. The number of carbonyl (C=O) groups is 2. The van der Waals surface area contributed by atoms with Crippen LogP contribution in [0.25, 0.3) is 0 Å². The summed E-state index contributed by atoms with van der Waals surface area (Å²) >= 11 is 0. The molecule has 0 atom stereocenters. The van der Waals surface area contributed by atoms with Gasteiger partial charge in [0.25, 0.3) is 5.91 Å². The highest BCUT2D eigenvalue weighted by molar-refractivity contribution is 6.06. The van der Waals surface area contributed by atoms with Gasteiger partial charge in [-0.15, -0.1) is 0 Å². The second-order valence-electron chi connectivity index (χ2n) is 6.24. The van der Waals surface area contributed by atoms with E-state index in [4.69, 9.17) is 9.47 Å². The first-order valence-corrected chi connectivity index (χ1v) is 9.20. The van der Waals surface area contributed by atoms with Crippen molar-refractivity contribution in [3.63, 3.8) is 0 Å². The molecule has 0 aliphatic rings. The van der Waals surface area contributed by atoms with Gasteiger partial charge < -0.3 is 20.1 Å². The molecule has 0 fully saturated rings. The summed E-state index contributed by atoms with van der Waals surface area (Å²) in [5.41, 5.74) is 2.36. The van der Waals surface area contributed by atoms with Gasteiger partial charge in [-0.05, 0) is 39.8 Å². The molecule has 148 valence electrons. The Hall–Kier alpha value is -3.28. The fourth-order valence-corrected chi connectivity index (χ4v) is 2.52. The molecule has 6 nitrogen and oxygen atoms in total. The fraction of sp³-hybridized carbons (Fsp3) is 0.273. The van der Waals surface area contributed by atoms with Crippen LogP contribution in [-0.2, 0) is 4.79 Å². The summed E-state index contributed by atoms with van der Waals surface area (Å²) in [6, 6.07) is 12.2. The first-order chi connectivity index (χ1) is 13.4. The molecule has 28 heavy (non-hydrogen) atoms. The van der Waals surface area contributed by atoms with E-state index in [1.54, 1.807) is 36.4 Å². The Morgan fingerprint density at radius 1 is 0.893 bits per heavy atom. The third kappa shape index (κ3) is 5.87. The van der Waals surface area contributed by atoms with E-state index < -0.39 is 0 Å². The van der Waals surface area contributed by atoms with Crippen LogP contribution in [0, 0.1) is 0 Å². The van der Waals surface area contributed by atoms with E-state index in [0.717, 1.165) is 5.57 Å². The molecule has 0 saturated carbocycles. The summed E-state index contributed by atoms with van der Waals surface area (Å²) in [4.78, 5) is 24.7. The van der Waals surface area contributed by atoms with Crippen molar-refractivity contribution in [2.24, 2.45) is 0 Å². The highest BCUT2D eigenvalue weighted by atomic mass is 16.5. The van der Waals surface area contributed by atoms with E-state index in [1.807, 2.05) is 33.8 Å². The highest BCUT2D eigenvalue weighted by Gasteiger charge is 2.16. The van der Waals surface area contributed by atoms with Gasteiger partial charge in [-0.1, -0.05) is 23.8 Å². The average molecular weight is 382 g/mol.